The van der Waals surface area contributed by atoms with Gasteiger partial charge in [-0.1, -0.05) is 30.3 Å². The van der Waals surface area contributed by atoms with Gasteiger partial charge in [0.05, 0.1) is 11.3 Å². The molecule has 0 bridgehead atoms. The topological polar surface area (TPSA) is 120 Å². The molecule has 1 aromatic carbocycles. The van der Waals surface area contributed by atoms with Crippen molar-refractivity contribution in [1.29, 1.82) is 0 Å². The summed E-state index contributed by atoms with van der Waals surface area (Å²) >= 11 is 0. The second-order valence-electron chi connectivity index (χ2n) is 7.28. The molecule has 1 unspecified atom stereocenters. The van der Waals surface area contributed by atoms with E-state index >= 15 is 0 Å². The average Bonchev–Trinajstić information content (AvgIpc) is 3.50. The molecule has 1 atom stereocenters. The van der Waals surface area contributed by atoms with Crippen molar-refractivity contribution < 1.29 is 14.4 Å². The third-order valence-corrected chi connectivity index (χ3v) is 5.00. The van der Waals surface area contributed by atoms with Crippen molar-refractivity contribution in [2.24, 2.45) is 5.73 Å². The molecule has 1 fully saturated rings. The predicted octanol–water partition coefficient (Wildman–Crippen LogP) is 1.54. The molecule has 1 saturated carbocycles. The van der Waals surface area contributed by atoms with Crippen LogP contribution in [0.4, 0.5) is 0 Å². The summed E-state index contributed by atoms with van der Waals surface area (Å²) < 4.78 is 1.56. The lowest BCUT2D eigenvalue weighted by molar-refractivity contribution is -0.137. The Hall–Kier alpha value is -3.81. The van der Waals surface area contributed by atoms with Gasteiger partial charge in [0.25, 0.3) is 11.8 Å². The van der Waals surface area contributed by atoms with Gasteiger partial charge in [0.2, 0.25) is 5.78 Å². The number of primary amides is 1. The molecule has 2 amide bonds. The monoisotopic (exact) mass is 403 g/mol. The van der Waals surface area contributed by atoms with Gasteiger partial charge in [-0.15, -0.1) is 0 Å². The zero-order chi connectivity index (χ0) is 21.1. The summed E-state index contributed by atoms with van der Waals surface area (Å²) in [6.45, 7) is 0. The third-order valence-electron chi connectivity index (χ3n) is 5.00. The zero-order valence-corrected chi connectivity index (χ0v) is 16.2. The Morgan fingerprint density at radius 1 is 1.10 bits per heavy atom. The summed E-state index contributed by atoms with van der Waals surface area (Å²) in [7, 11) is 0. The lowest BCUT2D eigenvalue weighted by Crippen LogP contribution is -2.47. The zero-order valence-electron chi connectivity index (χ0n) is 16.2. The molecule has 4 rings (SSSR count). The van der Waals surface area contributed by atoms with E-state index < -0.39 is 23.6 Å². The molecule has 0 saturated heterocycles. The molecule has 8 nitrogen and oxygen atoms in total. The molecule has 3 N–H and O–H groups in total. The summed E-state index contributed by atoms with van der Waals surface area (Å²) in [6, 6.07) is 13.2. The Labute approximate surface area is 173 Å². The number of nitrogens with one attached hydrogen (secondary N) is 1. The van der Waals surface area contributed by atoms with Gasteiger partial charge < -0.3 is 11.1 Å². The standard InChI is InChI=1S/C22H21N5O3/c23-20(29)19(28)18(13-14-5-2-1-3-6-14)25-22(30)16-7-4-11-24-21(16)27-12-10-17(26-27)15-8-9-15/h1-7,10-12,15,18H,8-9,13H2,(H2,23,29)(H,25,30). The van der Waals surface area contributed by atoms with E-state index in [1.54, 1.807) is 29.2 Å². The first-order chi connectivity index (χ1) is 14.5. The van der Waals surface area contributed by atoms with Crippen LogP contribution in [0, 0.1) is 0 Å². The molecular formula is C22H21N5O3. The van der Waals surface area contributed by atoms with E-state index in [0.717, 1.165) is 24.1 Å². The fraction of sp³-hybridized carbons (Fsp3) is 0.227. The Morgan fingerprint density at radius 3 is 2.57 bits per heavy atom. The van der Waals surface area contributed by atoms with Crippen LogP contribution in [0.25, 0.3) is 5.82 Å². The van der Waals surface area contributed by atoms with Crippen LogP contribution in [0.1, 0.15) is 40.4 Å². The minimum absolute atomic E-state index is 0.150. The average molecular weight is 403 g/mol. The molecule has 2 heterocycles. The number of amides is 2. The molecule has 0 spiro atoms. The van der Waals surface area contributed by atoms with Crippen molar-refractivity contribution in [2.45, 2.75) is 31.2 Å². The Morgan fingerprint density at radius 2 is 1.87 bits per heavy atom. The van der Waals surface area contributed by atoms with Crippen molar-refractivity contribution in [1.82, 2.24) is 20.1 Å². The predicted molar refractivity (Wildman–Crippen MR) is 109 cm³/mol. The van der Waals surface area contributed by atoms with E-state index in [4.69, 9.17) is 5.73 Å². The van der Waals surface area contributed by atoms with Crippen molar-refractivity contribution in [3.8, 4) is 5.82 Å². The second-order valence-corrected chi connectivity index (χ2v) is 7.28. The molecule has 1 aliphatic rings. The molecule has 3 aromatic rings. The van der Waals surface area contributed by atoms with Gasteiger partial charge in [-0.25, -0.2) is 9.67 Å². The second kappa shape index (κ2) is 8.28. The van der Waals surface area contributed by atoms with Crippen LogP contribution in [0.3, 0.4) is 0 Å². The molecule has 8 heteroatoms. The molecular weight excluding hydrogens is 382 g/mol. The number of carbonyl (C=O) groups excluding carboxylic acids is 3. The van der Waals surface area contributed by atoms with Crippen LogP contribution < -0.4 is 11.1 Å². The number of Topliss-reactive ketones (excluding diaryl/α,β-unsaturated/α-hetero) is 1. The number of ketones is 1. The molecule has 0 aliphatic heterocycles. The Balaban J connectivity index is 1.59. The van der Waals surface area contributed by atoms with Crippen LogP contribution in [-0.4, -0.2) is 38.4 Å². The van der Waals surface area contributed by atoms with Crippen molar-refractivity contribution in [3.63, 3.8) is 0 Å². The van der Waals surface area contributed by atoms with E-state index in [1.165, 1.54) is 0 Å². The number of aromatic nitrogens is 3. The minimum Gasteiger partial charge on any atom is -0.363 e. The lowest BCUT2D eigenvalue weighted by Gasteiger charge is -2.17. The van der Waals surface area contributed by atoms with Gasteiger partial charge in [-0.05, 0) is 36.6 Å². The number of rotatable bonds is 8. The minimum atomic E-state index is -1.09. The first kappa shape index (κ1) is 19.5. The van der Waals surface area contributed by atoms with Gasteiger partial charge in [0.15, 0.2) is 5.82 Å². The van der Waals surface area contributed by atoms with Crippen LogP contribution in [0.15, 0.2) is 60.9 Å². The smallest absolute Gasteiger partial charge is 0.287 e. The van der Waals surface area contributed by atoms with Crippen LogP contribution >= 0.6 is 0 Å². The van der Waals surface area contributed by atoms with E-state index in [2.05, 4.69) is 15.4 Å². The van der Waals surface area contributed by atoms with E-state index in [-0.39, 0.29) is 12.0 Å². The number of nitrogens with two attached hydrogens (primary N) is 1. The van der Waals surface area contributed by atoms with Crippen LogP contribution in [0.2, 0.25) is 0 Å². The largest absolute Gasteiger partial charge is 0.363 e. The van der Waals surface area contributed by atoms with E-state index in [0.29, 0.717) is 11.7 Å². The highest BCUT2D eigenvalue weighted by Crippen LogP contribution is 2.39. The summed E-state index contributed by atoms with van der Waals surface area (Å²) in [4.78, 5) is 41.2. The quantitative estimate of drug-likeness (QED) is 0.553. The Bertz CT molecular complexity index is 1090. The van der Waals surface area contributed by atoms with Crippen LogP contribution in [0.5, 0.6) is 0 Å². The number of nitrogens with zero attached hydrogens (tertiary/aromatic N) is 3. The molecule has 1 aliphatic carbocycles. The fourth-order valence-corrected chi connectivity index (χ4v) is 3.28. The summed E-state index contributed by atoms with van der Waals surface area (Å²) in [6.07, 6.45) is 5.72. The number of hydrogen-bond donors (Lipinski definition) is 2. The molecule has 2 aromatic heterocycles. The SMILES string of the molecule is NC(=O)C(=O)C(Cc1ccccc1)NC(=O)c1cccnc1-n1ccc(C2CC2)n1. The number of carbonyl (C=O) groups is 3. The number of benzene rings is 1. The maximum Gasteiger partial charge on any atom is 0.287 e. The number of hydrogen-bond acceptors (Lipinski definition) is 5. The van der Waals surface area contributed by atoms with E-state index in [1.807, 2.05) is 36.4 Å². The molecule has 0 radical (unpaired) electrons. The normalized spacial score (nSPS) is 14.1. The third kappa shape index (κ3) is 4.27. The lowest BCUT2D eigenvalue weighted by atomic mass is 10.0. The van der Waals surface area contributed by atoms with Gasteiger partial charge in [0.1, 0.15) is 6.04 Å². The summed E-state index contributed by atoms with van der Waals surface area (Å²) in [5.41, 5.74) is 7.21. The maximum atomic E-state index is 13.0. The molecule has 30 heavy (non-hydrogen) atoms. The van der Waals surface area contributed by atoms with Crippen molar-refractivity contribution >= 4 is 17.6 Å². The van der Waals surface area contributed by atoms with Gasteiger partial charge in [-0.3, -0.25) is 14.4 Å². The van der Waals surface area contributed by atoms with Gasteiger partial charge in [0, 0.05) is 24.7 Å². The van der Waals surface area contributed by atoms with Crippen molar-refractivity contribution in [3.05, 3.63) is 77.7 Å². The highest BCUT2D eigenvalue weighted by atomic mass is 16.2. The van der Waals surface area contributed by atoms with Crippen molar-refractivity contribution in [2.75, 3.05) is 0 Å². The highest BCUT2D eigenvalue weighted by molar-refractivity contribution is 6.38. The first-order valence-corrected chi connectivity index (χ1v) is 9.72. The van der Waals surface area contributed by atoms with Gasteiger partial charge >= 0.3 is 0 Å². The Kier molecular flexibility index (Phi) is 5.38. The van der Waals surface area contributed by atoms with E-state index in [9.17, 15) is 14.4 Å². The van der Waals surface area contributed by atoms with Gasteiger partial charge in [-0.2, -0.15) is 5.10 Å². The fourth-order valence-electron chi connectivity index (χ4n) is 3.28. The number of pyridine rings is 1. The summed E-state index contributed by atoms with van der Waals surface area (Å²) in [5, 5.41) is 7.17. The highest BCUT2D eigenvalue weighted by Gasteiger charge is 2.28. The van der Waals surface area contributed by atoms with Crippen LogP contribution in [-0.2, 0) is 16.0 Å². The summed E-state index contributed by atoms with van der Waals surface area (Å²) in [5.74, 6) is -1.66. The first-order valence-electron chi connectivity index (χ1n) is 9.72. The maximum absolute atomic E-state index is 13.0. The molecule has 152 valence electrons.